The first-order valence-corrected chi connectivity index (χ1v) is 10.6. The molecule has 1 aliphatic carbocycles. The van der Waals surface area contributed by atoms with Crippen LogP contribution >= 0.6 is 0 Å². The minimum atomic E-state index is 0.167. The number of aromatic nitrogens is 2. The van der Waals surface area contributed by atoms with Crippen LogP contribution in [0.3, 0.4) is 0 Å². The molecule has 0 bridgehead atoms. The molecule has 2 nitrogen and oxygen atoms in total. The number of benzene rings is 3. The predicted octanol–water partition coefficient (Wildman–Crippen LogP) is 6.19. The molecule has 0 saturated heterocycles. The maximum atomic E-state index is 5.06. The molecule has 0 amide bonds. The highest BCUT2D eigenvalue weighted by atomic mass is 15.1. The second-order valence-corrected chi connectivity index (χ2v) is 7.86. The first-order chi connectivity index (χ1) is 15.4. The molecule has 1 aliphatic heterocycles. The summed E-state index contributed by atoms with van der Waals surface area (Å²) in [6.07, 6.45) is 8.78. The lowest BCUT2D eigenvalue weighted by Crippen LogP contribution is -2.25. The highest BCUT2D eigenvalue weighted by molar-refractivity contribution is 5.87. The van der Waals surface area contributed by atoms with Crippen molar-refractivity contribution in [1.29, 1.82) is 0 Å². The SMILES string of the molecule is C(#Cc1ccccc1)C1=C(c2ccccc2)n2c(nc3ccccc32)C2C=CC=CC12. The number of allylic oxidation sites excluding steroid dienone is 5. The summed E-state index contributed by atoms with van der Waals surface area (Å²) >= 11 is 0. The van der Waals surface area contributed by atoms with Crippen LogP contribution in [0.25, 0.3) is 16.7 Å². The summed E-state index contributed by atoms with van der Waals surface area (Å²) in [5.41, 5.74) is 6.59. The lowest BCUT2D eigenvalue weighted by atomic mass is 9.78. The largest absolute Gasteiger partial charge is 0.294 e. The van der Waals surface area contributed by atoms with E-state index in [1.54, 1.807) is 0 Å². The van der Waals surface area contributed by atoms with Gasteiger partial charge in [0.05, 0.1) is 16.7 Å². The van der Waals surface area contributed by atoms with E-state index in [-0.39, 0.29) is 11.8 Å². The summed E-state index contributed by atoms with van der Waals surface area (Å²) in [7, 11) is 0. The maximum absolute atomic E-state index is 5.06. The van der Waals surface area contributed by atoms with Crippen molar-refractivity contribution < 1.29 is 0 Å². The number of nitrogens with zero attached hydrogens (tertiary/aromatic N) is 2. The van der Waals surface area contributed by atoms with Gasteiger partial charge < -0.3 is 0 Å². The van der Waals surface area contributed by atoms with E-state index < -0.39 is 0 Å². The van der Waals surface area contributed by atoms with E-state index >= 15 is 0 Å². The van der Waals surface area contributed by atoms with Crippen molar-refractivity contribution in [3.05, 3.63) is 132 Å². The molecule has 0 saturated carbocycles. The van der Waals surface area contributed by atoms with Gasteiger partial charge in [0.1, 0.15) is 5.82 Å². The third-order valence-electron chi connectivity index (χ3n) is 5.99. The average molecular weight is 396 g/mol. The van der Waals surface area contributed by atoms with Crippen molar-refractivity contribution >= 4 is 16.7 Å². The van der Waals surface area contributed by atoms with Crippen LogP contribution in [0.1, 0.15) is 22.9 Å². The zero-order chi connectivity index (χ0) is 20.6. The summed E-state index contributed by atoms with van der Waals surface area (Å²) in [6, 6.07) is 29.2. The standard InChI is InChI=1S/C29H20N2/c1-3-11-21(12-4-1)19-20-24-23-15-7-8-16-25(23)29-30-26-17-9-10-18-27(26)31(29)28(24)22-13-5-2-6-14-22/h1-18,23,25H. The summed E-state index contributed by atoms with van der Waals surface area (Å²) in [4.78, 5) is 5.06. The third-order valence-corrected chi connectivity index (χ3v) is 5.99. The van der Waals surface area contributed by atoms with Crippen LogP contribution < -0.4 is 0 Å². The second-order valence-electron chi connectivity index (χ2n) is 7.86. The Hall–Kier alpha value is -4.09. The lowest BCUT2D eigenvalue weighted by Gasteiger charge is -2.32. The molecule has 31 heavy (non-hydrogen) atoms. The molecule has 2 heteroatoms. The van der Waals surface area contributed by atoms with Crippen LogP contribution in [0.5, 0.6) is 0 Å². The summed E-state index contributed by atoms with van der Waals surface area (Å²) in [5.74, 6) is 8.41. The van der Waals surface area contributed by atoms with Gasteiger partial charge in [0.15, 0.2) is 0 Å². The van der Waals surface area contributed by atoms with Crippen molar-refractivity contribution in [2.75, 3.05) is 0 Å². The topological polar surface area (TPSA) is 17.8 Å². The number of imidazole rings is 1. The van der Waals surface area contributed by atoms with Gasteiger partial charge in [-0.2, -0.15) is 0 Å². The number of hydrogen-bond donors (Lipinski definition) is 0. The molecule has 2 unspecified atom stereocenters. The summed E-state index contributed by atoms with van der Waals surface area (Å²) < 4.78 is 2.32. The Balaban J connectivity index is 1.69. The minimum Gasteiger partial charge on any atom is -0.294 e. The molecule has 2 aliphatic rings. The fraction of sp³-hybridized carbons (Fsp3) is 0.0690. The number of hydrogen-bond acceptors (Lipinski definition) is 1. The first-order valence-electron chi connectivity index (χ1n) is 10.6. The van der Waals surface area contributed by atoms with Crippen molar-refractivity contribution in [2.45, 2.75) is 5.92 Å². The van der Waals surface area contributed by atoms with Gasteiger partial charge in [0.2, 0.25) is 0 Å². The fourth-order valence-electron chi connectivity index (χ4n) is 4.60. The van der Waals surface area contributed by atoms with E-state index in [9.17, 15) is 0 Å². The summed E-state index contributed by atoms with van der Waals surface area (Å²) in [6.45, 7) is 0. The van der Waals surface area contributed by atoms with Crippen LogP contribution in [0.2, 0.25) is 0 Å². The molecule has 1 aromatic heterocycles. The van der Waals surface area contributed by atoms with E-state index in [1.165, 1.54) is 0 Å². The van der Waals surface area contributed by atoms with Gasteiger partial charge in [0, 0.05) is 23.0 Å². The number of para-hydroxylation sites is 2. The van der Waals surface area contributed by atoms with E-state index in [0.29, 0.717) is 0 Å². The van der Waals surface area contributed by atoms with E-state index in [4.69, 9.17) is 4.98 Å². The molecule has 4 aromatic rings. The number of rotatable bonds is 1. The van der Waals surface area contributed by atoms with Crippen molar-refractivity contribution in [2.24, 2.45) is 5.92 Å². The van der Waals surface area contributed by atoms with Gasteiger partial charge in [-0.25, -0.2) is 4.98 Å². The van der Waals surface area contributed by atoms with Crippen molar-refractivity contribution in [1.82, 2.24) is 9.55 Å². The van der Waals surface area contributed by atoms with E-state index in [2.05, 4.69) is 107 Å². The van der Waals surface area contributed by atoms with Gasteiger partial charge in [0.25, 0.3) is 0 Å². The lowest BCUT2D eigenvalue weighted by molar-refractivity contribution is 0.611. The molecule has 3 aromatic carbocycles. The molecule has 0 radical (unpaired) electrons. The second kappa shape index (κ2) is 7.31. The Morgan fingerprint density at radius 2 is 1.35 bits per heavy atom. The monoisotopic (exact) mass is 396 g/mol. The van der Waals surface area contributed by atoms with E-state index in [0.717, 1.165) is 39.3 Å². The Labute approximate surface area is 181 Å². The van der Waals surface area contributed by atoms with Gasteiger partial charge >= 0.3 is 0 Å². The molecule has 2 atom stereocenters. The normalized spacial score (nSPS) is 19.0. The molecule has 0 fully saturated rings. The molecule has 0 N–H and O–H groups in total. The smallest absolute Gasteiger partial charge is 0.122 e. The molecule has 0 spiro atoms. The Morgan fingerprint density at radius 1 is 0.677 bits per heavy atom. The quantitative estimate of drug-likeness (QED) is 0.351. The molecule has 6 rings (SSSR count). The predicted molar refractivity (Wildman–Crippen MR) is 126 cm³/mol. The summed E-state index contributed by atoms with van der Waals surface area (Å²) in [5, 5.41) is 0. The highest BCUT2D eigenvalue weighted by Crippen LogP contribution is 2.45. The van der Waals surface area contributed by atoms with Crippen molar-refractivity contribution in [3.8, 4) is 11.8 Å². The fourth-order valence-corrected chi connectivity index (χ4v) is 4.60. The van der Waals surface area contributed by atoms with Crippen LogP contribution in [0.4, 0.5) is 0 Å². The first kappa shape index (κ1) is 17.7. The maximum Gasteiger partial charge on any atom is 0.122 e. The van der Waals surface area contributed by atoms with Gasteiger partial charge in [-0.1, -0.05) is 96.8 Å². The highest BCUT2D eigenvalue weighted by Gasteiger charge is 2.36. The number of fused-ring (bicyclic) bond motifs is 5. The zero-order valence-electron chi connectivity index (χ0n) is 16.9. The Bertz CT molecular complexity index is 1420. The van der Waals surface area contributed by atoms with Crippen LogP contribution in [-0.2, 0) is 0 Å². The van der Waals surface area contributed by atoms with E-state index in [1.807, 2.05) is 18.2 Å². The van der Waals surface area contributed by atoms with Crippen LogP contribution in [-0.4, -0.2) is 9.55 Å². The Kier molecular flexibility index (Phi) is 4.18. The van der Waals surface area contributed by atoms with Crippen LogP contribution in [0.15, 0.2) is 115 Å². The molecular formula is C29H20N2. The average Bonchev–Trinajstić information content (AvgIpc) is 3.23. The van der Waals surface area contributed by atoms with Gasteiger partial charge in [-0.3, -0.25) is 4.57 Å². The zero-order valence-corrected chi connectivity index (χ0v) is 16.9. The molecular weight excluding hydrogens is 376 g/mol. The van der Waals surface area contributed by atoms with Crippen molar-refractivity contribution in [3.63, 3.8) is 0 Å². The van der Waals surface area contributed by atoms with Gasteiger partial charge in [-0.15, -0.1) is 0 Å². The van der Waals surface area contributed by atoms with Gasteiger partial charge in [-0.05, 0) is 29.8 Å². The minimum absolute atomic E-state index is 0.167. The third kappa shape index (κ3) is 2.95. The Morgan fingerprint density at radius 3 is 2.16 bits per heavy atom. The molecule has 2 heterocycles. The van der Waals surface area contributed by atoms with Crippen LogP contribution in [0, 0.1) is 17.8 Å². The molecule has 146 valence electrons.